The molecule has 1 rings (SSSR count). The Morgan fingerprint density at radius 2 is 1.74 bits per heavy atom. The minimum absolute atomic E-state index is 0.106. The van der Waals surface area contributed by atoms with E-state index < -0.39 is 35.2 Å². The van der Waals surface area contributed by atoms with Crippen molar-refractivity contribution < 1.29 is 23.5 Å². The van der Waals surface area contributed by atoms with E-state index in [1.165, 1.54) is 0 Å². The van der Waals surface area contributed by atoms with Crippen molar-refractivity contribution in [1.29, 1.82) is 0 Å². The molecule has 1 aliphatic rings. The van der Waals surface area contributed by atoms with E-state index in [4.69, 9.17) is 5.11 Å². The summed E-state index contributed by atoms with van der Waals surface area (Å²) < 4.78 is 26.0. The van der Waals surface area contributed by atoms with Gasteiger partial charge in [0.2, 0.25) is 11.8 Å². The van der Waals surface area contributed by atoms with Gasteiger partial charge in [-0.2, -0.15) is 0 Å². The summed E-state index contributed by atoms with van der Waals surface area (Å²) in [5, 5.41) is 11.6. The van der Waals surface area contributed by atoms with Gasteiger partial charge in [-0.05, 0) is 18.3 Å². The van der Waals surface area contributed by atoms with Gasteiger partial charge in [-0.25, -0.2) is 13.6 Å². The zero-order chi connectivity index (χ0) is 14.8. The van der Waals surface area contributed by atoms with Crippen LogP contribution in [-0.4, -0.2) is 28.9 Å². The van der Waals surface area contributed by atoms with E-state index in [1.807, 2.05) is 0 Å². The van der Waals surface area contributed by atoms with Gasteiger partial charge in [0, 0.05) is 18.8 Å². The van der Waals surface area contributed by atoms with Crippen molar-refractivity contribution in [2.45, 2.75) is 58.4 Å². The van der Waals surface area contributed by atoms with E-state index in [0.717, 1.165) is 0 Å². The predicted molar refractivity (Wildman–Crippen MR) is 65.9 cm³/mol. The average Bonchev–Trinajstić information content (AvgIpc) is 2.23. The van der Waals surface area contributed by atoms with Gasteiger partial charge >= 0.3 is 5.97 Å². The van der Waals surface area contributed by atoms with Crippen LogP contribution >= 0.6 is 0 Å². The van der Waals surface area contributed by atoms with Crippen LogP contribution < -0.4 is 5.32 Å². The van der Waals surface area contributed by atoms with Crippen LogP contribution in [0.5, 0.6) is 0 Å². The molecule has 1 amide bonds. The van der Waals surface area contributed by atoms with Gasteiger partial charge in [-0.1, -0.05) is 20.8 Å². The maximum absolute atomic E-state index is 13.0. The minimum atomic E-state index is -2.69. The molecule has 1 atom stereocenters. The Morgan fingerprint density at radius 1 is 1.26 bits per heavy atom. The number of hydrogen-bond donors (Lipinski definition) is 2. The predicted octanol–water partition coefficient (Wildman–Crippen LogP) is 2.43. The topological polar surface area (TPSA) is 66.4 Å². The fraction of sp³-hybridized carbons (Fsp3) is 0.846. The zero-order valence-electron chi connectivity index (χ0n) is 11.5. The number of carbonyl (C=O) groups excluding carboxylic acids is 1. The number of carbonyl (C=O) groups is 2. The molecular weight excluding hydrogens is 256 g/mol. The summed E-state index contributed by atoms with van der Waals surface area (Å²) in [4.78, 5) is 23.1. The normalized spacial score (nSPS) is 21.7. The van der Waals surface area contributed by atoms with E-state index in [9.17, 15) is 18.4 Å². The number of nitrogens with one attached hydrogen (secondary N) is 1. The van der Waals surface area contributed by atoms with Crippen molar-refractivity contribution in [3.63, 3.8) is 0 Å². The van der Waals surface area contributed by atoms with Crippen molar-refractivity contribution >= 4 is 11.9 Å². The molecule has 0 saturated heterocycles. The first-order valence-corrected chi connectivity index (χ1v) is 6.44. The molecule has 4 nitrogen and oxygen atoms in total. The number of rotatable bonds is 3. The number of carboxylic acid groups (broad SMARTS) is 1. The van der Waals surface area contributed by atoms with Crippen LogP contribution in [0.1, 0.15) is 46.5 Å². The quantitative estimate of drug-likeness (QED) is 0.832. The fourth-order valence-electron chi connectivity index (χ4n) is 2.21. The summed E-state index contributed by atoms with van der Waals surface area (Å²) in [6.07, 6.45) is -0.401. The van der Waals surface area contributed by atoms with Gasteiger partial charge in [0.25, 0.3) is 0 Å². The van der Waals surface area contributed by atoms with Gasteiger partial charge in [0.05, 0.1) is 0 Å². The van der Waals surface area contributed by atoms with Gasteiger partial charge in [0.1, 0.15) is 6.04 Å². The van der Waals surface area contributed by atoms with Crippen LogP contribution in [0.3, 0.4) is 0 Å². The third-order valence-corrected chi connectivity index (χ3v) is 3.49. The highest BCUT2D eigenvalue weighted by molar-refractivity contribution is 5.85. The standard InChI is InChI=1S/C13H21F2NO3/c1-12(2,3)9(11(18)19)16-10(17)8-4-6-13(14,15)7-5-8/h8-9H,4-7H2,1-3H3,(H,16,17)(H,18,19)/t9-/m1/s1. The molecule has 0 unspecified atom stereocenters. The van der Waals surface area contributed by atoms with E-state index in [-0.39, 0.29) is 25.7 Å². The maximum atomic E-state index is 13.0. The summed E-state index contributed by atoms with van der Waals surface area (Å²) in [7, 11) is 0. The summed E-state index contributed by atoms with van der Waals surface area (Å²) in [6.45, 7) is 5.13. The average molecular weight is 277 g/mol. The van der Waals surface area contributed by atoms with E-state index in [0.29, 0.717) is 0 Å². The third-order valence-electron chi connectivity index (χ3n) is 3.49. The molecule has 1 saturated carbocycles. The van der Waals surface area contributed by atoms with Crippen molar-refractivity contribution in [3.8, 4) is 0 Å². The molecule has 2 N–H and O–H groups in total. The summed E-state index contributed by atoms with van der Waals surface area (Å²) >= 11 is 0. The van der Waals surface area contributed by atoms with E-state index in [2.05, 4.69) is 5.32 Å². The molecule has 0 aliphatic heterocycles. The first kappa shape index (κ1) is 15.9. The van der Waals surface area contributed by atoms with E-state index >= 15 is 0 Å². The molecule has 1 fully saturated rings. The molecule has 6 heteroatoms. The second-order valence-corrected chi connectivity index (χ2v) is 6.28. The zero-order valence-corrected chi connectivity index (χ0v) is 11.5. The SMILES string of the molecule is CC(C)(C)[C@H](NC(=O)C1CCC(F)(F)CC1)C(=O)O. The first-order chi connectivity index (χ1) is 8.53. The molecular formula is C13H21F2NO3. The Balaban J connectivity index is 2.62. The number of aliphatic carboxylic acids is 1. The Bertz CT molecular complexity index is 353. The highest BCUT2D eigenvalue weighted by atomic mass is 19.3. The van der Waals surface area contributed by atoms with Crippen LogP contribution in [0.15, 0.2) is 0 Å². The number of alkyl halides is 2. The second-order valence-electron chi connectivity index (χ2n) is 6.28. The summed E-state index contributed by atoms with van der Waals surface area (Å²) in [5.41, 5.74) is -0.625. The lowest BCUT2D eigenvalue weighted by atomic mass is 9.83. The van der Waals surface area contributed by atoms with Crippen LogP contribution in [0.25, 0.3) is 0 Å². The third kappa shape index (κ3) is 4.44. The molecule has 110 valence electrons. The van der Waals surface area contributed by atoms with Gasteiger partial charge in [-0.3, -0.25) is 4.79 Å². The lowest BCUT2D eigenvalue weighted by molar-refractivity contribution is -0.146. The largest absolute Gasteiger partial charge is 0.480 e. The van der Waals surface area contributed by atoms with Crippen LogP contribution in [0, 0.1) is 11.3 Å². The number of halogens is 2. The lowest BCUT2D eigenvalue weighted by Crippen LogP contribution is -2.51. The molecule has 0 radical (unpaired) electrons. The molecule has 0 spiro atoms. The minimum Gasteiger partial charge on any atom is -0.480 e. The van der Waals surface area contributed by atoms with Crippen LogP contribution in [0.4, 0.5) is 8.78 Å². The molecule has 0 bridgehead atoms. The van der Waals surface area contributed by atoms with Gasteiger partial charge in [-0.15, -0.1) is 0 Å². The highest BCUT2D eigenvalue weighted by Gasteiger charge is 2.39. The van der Waals surface area contributed by atoms with Gasteiger partial charge < -0.3 is 10.4 Å². The monoisotopic (exact) mass is 277 g/mol. The number of hydrogen-bond acceptors (Lipinski definition) is 2. The van der Waals surface area contributed by atoms with Crippen molar-refractivity contribution in [2.24, 2.45) is 11.3 Å². The van der Waals surface area contributed by atoms with Crippen molar-refractivity contribution in [2.75, 3.05) is 0 Å². The lowest BCUT2D eigenvalue weighted by Gasteiger charge is -2.32. The Hall–Kier alpha value is -1.20. The molecule has 19 heavy (non-hydrogen) atoms. The van der Waals surface area contributed by atoms with Gasteiger partial charge in [0.15, 0.2) is 0 Å². The second kappa shape index (κ2) is 5.43. The molecule has 0 aromatic carbocycles. The molecule has 0 aromatic heterocycles. The van der Waals surface area contributed by atoms with Crippen LogP contribution in [-0.2, 0) is 9.59 Å². The Labute approximate surface area is 111 Å². The highest BCUT2D eigenvalue weighted by Crippen LogP contribution is 2.36. The molecule has 0 aromatic rings. The summed E-state index contributed by atoms with van der Waals surface area (Å²) in [6, 6.07) is -1.01. The number of carboxylic acids is 1. The van der Waals surface area contributed by atoms with Crippen molar-refractivity contribution in [3.05, 3.63) is 0 Å². The fourth-order valence-corrected chi connectivity index (χ4v) is 2.21. The maximum Gasteiger partial charge on any atom is 0.326 e. The van der Waals surface area contributed by atoms with Crippen LogP contribution in [0.2, 0.25) is 0 Å². The Morgan fingerprint density at radius 3 is 2.11 bits per heavy atom. The van der Waals surface area contributed by atoms with Crippen molar-refractivity contribution in [1.82, 2.24) is 5.32 Å². The van der Waals surface area contributed by atoms with E-state index in [1.54, 1.807) is 20.8 Å². The molecule has 1 aliphatic carbocycles. The smallest absolute Gasteiger partial charge is 0.326 e. The molecule has 0 heterocycles. The first-order valence-electron chi connectivity index (χ1n) is 6.44. The summed E-state index contributed by atoms with van der Waals surface area (Å²) in [5.74, 6) is -4.74. The number of amides is 1. The Kier molecular flexibility index (Phi) is 4.53.